The number of nitrogens with zero attached hydrogens (tertiary/aromatic N) is 1. The first kappa shape index (κ1) is 32.6. The van der Waals surface area contributed by atoms with Crippen LogP contribution in [0, 0.1) is 0 Å². The topological polar surface area (TPSA) is 142 Å². The summed E-state index contributed by atoms with van der Waals surface area (Å²) >= 11 is 0. The monoisotopic (exact) mass is 508 g/mol. The van der Waals surface area contributed by atoms with Gasteiger partial charge in [-0.3, -0.25) is 14.6 Å². The van der Waals surface area contributed by atoms with E-state index >= 15 is 0 Å². The zero-order chi connectivity index (χ0) is 25.3. The predicted octanol–water partition coefficient (Wildman–Crippen LogP) is 1.78. The molecule has 2 rings (SSSR count). The molecule has 1 amide bonds. The second kappa shape index (κ2) is 18.9. The molecule has 2 aromatic rings. The number of nitrogens with one attached hydrogen (secondary N) is 1. The Morgan fingerprint density at radius 1 is 0.857 bits per heavy atom. The van der Waals surface area contributed by atoms with Crippen LogP contribution in [0.3, 0.4) is 0 Å². The summed E-state index contributed by atoms with van der Waals surface area (Å²) in [6, 6.07) is 17.6. The average Bonchev–Trinajstić information content (AvgIpc) is 2.80. The number of carboxylic acid groups (broad SMARTS) is 2. The Labute approximate surface area is 236 Å². The van der Waals surface area contributed by atoms with Crippen molar-refractivity contribution < 1.29 is 29.7 Å². The maximum atomic E-state index is 11.7. The SMILES string of the molecule is CC(CCCC(=O)O)NC(=O)c1ccccc1.CC(CCCC(=O)[O-])N=C([O-])c1ccccc1.[Ca+2]. The van der Waals surface area contributed by atoms with Crippen molar-refractivity contribution in [3.05, 3.63) is 71.8 Å². The molecule has 35 heavy (non-hydrogen) atoms. The van der Waals surface area contributed by atoms with E-state index in [9.17, 15) is 24.6 Å². The van der Waals surface area contributed by atoms with Crippen LogP contribution >= 0.6 is 0 Å². The number of rotatable bonds is 12. The zero-order valence-electron chi connectivity index (χ0n) is 20.3. The number of carboxylic acids is 2. The zero-order valence-corrected chi connectivity index (χ0v) is 22.5. The number of amides is 1. The number of hydrogen-bond acceptors (Lipinski definition) is 6. The van der Waals surface area contributed by atoms with Crippen LogP contribution in [0.4, 0.5) is 0 Å². The molecule has 2 N–H and O–H groups in total. The van der Waals surface area contributed by atoms with Gasteiger partial charge in [-0.2, -0.15) is 0 Å². The van der Waals surface area contributed by atoms with Gasteiger partial charge in [-0.05, 0) is 69.5 Å². The van der Waals surface area contributed by atoms with Gasteiger partial charge in [-0.25, -0.2) is 0 Å². The Kier molecular flexibility index (Phi) is 17.5. The molecular weight excluding hydrogens is 476 g/mol. The molecule has 2 unspecified atom stereocenters. The maximum absolute atomic E-state index is 11.7. The van der Waals surface area contributed by atoms with Gasteiger partial charge in [0.15, 0.2) is 0 Å². The van der Waals surface area contributed by atoms with Gasteiger partial charge < -0.3 is 25.4 Å². The molecule has 0 fully saturated rings. The van der Waals surface area contributed by atoms with E-state index < -0.39 is 11.9 Å². The van der Waals surface area contributed by atoms with E-state index in [1.807, 2.05) is 31.2 Å². The van der Waals surface area contributed by atoms with Crippen LogP contribution in [0.5, 0.6) is 0 Å². The molecule has 8 nitrogen and oxygen atoms in total. The molecule has 0 aromatic heterocycles. The minimum Gasteiger partial charge on any atom is -0.858 e. The van der Waals surface area contributed by atoms with Gasteiger partial charge >= 0.3 is 43.7 Å². The third-order valence-corrected chi connectivity index (χ3v) is 4.80. The van der Waals surface area contributed by atoms with Crippen LogP contribution < -0.4 is 15.5 Å². The first-order valence-electron chi connectivity index (χ1n) is 11.3. The molecule has 0 aliphatic carbocycles. The van der Waals surface area contributed by atoms with Crippen LogP contribution in [0.15, 0.2) is 65.7 Å². The van der Waals surface area contributed by atoms with Crippen molar-refractivity contribution in [2.75, 3.05) is 0 Å². The van der Waals surface area contributed by atoms with Crippen molar-refractivity contribution in [3.63, 3.8) is 0 Å². The fourth-order valence-corrected chi connectivity index (χ4v) is 2.99. The number of aliphatic imine (C=N–C) groups is 1. The fraction of sp³-hybridized carbons (Fsp3) is 0.385. The summed E-state index contributed by atoms with van der Waals surface area (Å²) in [7, 11) is 0. The first-order chi connectivity index (χ1) is 16.2. The molecular formula is C26H32CaN2O6. The summed E-state index contributed by atoms with van der Waals surface area (Å²) in [5.74, 6) is -2.24. The molecule has 0 saturated heterocycles. The number of aliphatic carboxylic acids is 2. The van der Waals surface area contributed by atoms with E-state index in [1.165, 1.54) is 0 Å². The van der Waals surface area contributed by atoms with Gasteiger partial charge in [0.25, 0.3) is 5.91 Å². The molecule has 0 aliphatic rings. The van der Waals surface area contributed by atoms with Crippen molar-refractivity contribution in [3.8, 4) is 0 Å². The fourth-order valence-electron chi connectivity index (χ4n) is 2.99. The molecule has 184 valence electrons. The van der Waals surface area contributed by atoms with Crippen LogP contribution in [0.1, 0.15) is 68.3 Å². The first-order valence-corrected chi connectivity index (χ1v) is 11.3. The van der Waals surface area contributed by atoms with Crippen LogP contribution in [-0.2, 0) is 9.59 Å². The van der Waals surface area contributed by atoms with Crippen molar-refractivity contribution in [2.24, 2.45) is 4.99 Å². The van der Waals surface area contributed by atoms with Gasteiger partial charge in [0, 0.05) is 30.0 Å². The predicted molar refractivity (Wildman–Crippen MR) is 132 cm³/mol. The van der Waals surface area contributed by atoms with Crippen molar-refractivity contribution >= 4 is 61.5 Å². The van der Waals surface area contributed by atoms with E-state index in [2.05, 4.69) is 10.3 Å². The number of hydrogen-bond donors (Lipinski definition) is 2. The number of carbonyl (C=O) groups excluding carboxylic acids is 2. The molecule has 0 aliphatic heterocycles. The van der Waals surface area contributed by atoms with E-state index in [0.29, 0.717) is 36.8 Å². The standard InChI is InChI=1S/2C13H17NO3.Ca/c2*1-10(6-5-9-12(15)16)14-13(17)11-7-3-2-4-8-11;/h2*2-4,7-8,10H,5-6,9H2,1H3,(H,14,17)(H,15,16);/q;;+2/p-2. The van der Waals surface area contributed by atoms with Gasteiger partial charge in [0.2, 0.25) is 0 Å². The molecule has 0 bridgehead atoms. The van der Waals surface area contributed by atoms with Gasteiger partial charge in [-0.1, -0.05) is 48.5 Å². The summed E-state index contributed by atoms with van der Waals surface area (Å²) < 4.78 is 0. The van der Waals surface area contributed by atoms with Crippen molar-refractivity contribution in [1.82, 2.24) is 5.32 Å². The third kappa shape index (κ3) is 16.0. The van der Waals surface area contributed by atoms with E-state index in [4.69, 9.17) is 5.11 Å². The Morgan fingerprint density at radius 3 is 1.89 bits per heavy atom. The molecule has 2 aromatic carbocycles. The summed E-state index contributed by atoms with van der Waals surface area (Å²) in [5, 5.41) is 33.2. The van der Waals surface area contributed by atoms with Crippen LogP contribution in [-0.4, -0.2) is 78.7 Å². The second-order valence-electron chi connectivity index (χ2n) is 7.94. The third-order valence-electron chi connectivity index (χ3n) is 4.80. The van der Waals surface area contributed by atoms with Crippen molar-refractivity contribution in [1.29, 1.82) is 0 Å². The smallest absolute Gasteiger partial charge is 0.858 e. The quantitative estimate of drug-likeness (QED) is 0.254. The maximum Gasteiger partial charge on any atom is 2.00 e. The number of benzene rings is 2. The van der Waals surface area contributed by atoms with E-state index in [0.717, 1.165) is 0 Å². The second-order valence-corrected chi connectivity index (χ2v) is 7.94. The Balaban J connectivity index is 0.000000642. The summed E-state index contributed by atoms with van der Waals surface area (Å²) in [5.41, 5.74) is 1.18. The Morgan fingerprint density at radius 2 is 1.37 bits per heavy atom. The average molecular weight is 509 g/mol. The van der Waals surface area contributed by atoms with Crippen molar-refractivity contribution in [2.45, 2.75) is 64.5 Å². The molecule has 9 heteroatoms. The Bertz CT molecular complexity index is 922. The van der Waals surface area contributed by atoms with E-state index in [-0.39, 0.29) is 74.5 Å². The molecule has 0 heterocycles. The minimum atomic E-state index is -1.06. The van der Waals surface area contributed by atoms with Gasteiger partial charge in [-0.15, -0.1) is 0 Å². The van der Waals surface area contributed by atoms with E-state index in [1.54, 1.807) is 43.3 Å². The normalized spacial score (nSPS) is 12.2. The van der Waals surface area contributed by atoms with Crippen LogP contribution in [0.25, 0.3) is 0 Å². The minimum absolute atomic E-state index is 0. The van der Waals surface area contributed by atoms with Crippen LogP contribution in [0.2, 0.25) is 0 Å². The molecule has 0 spiro atoms. The van der Waals surface area contributed by atoms with Gasteiger partial charge in [0.1, 0.15) is 0 Å². The summed E-state index contributed by atoms with van der Waals surface area (Å²) in [4.78, 5) is 36.3. The summed E-state index contributed by atoms with van der Waals surface area (Å²) in [6.45, 7) is 3.68. The van der Waals surface area contributed by atoms with Gasteiger partial charge in [0.05, 0.1) is 0 Å². The molecule has 0 saturated carbocycles. The summed E-state index contributed by atoms with van der Waals surface area (Å²) in [6.07, 6.45) is 2.46. The largest absolute Gasteiger partial charge is 2.00 e. The molecule has 0 radical (unpaired) electrons. The Hall–Kier alpha value is -2.42. The molecule has 2 atom stereocenters. The number of carbonyl (C=O) groups is 3.